The van der Waals surface area contributed by atoms with E-state index in [-0.39, 0.29) is 17.8 Å². The molecule has 0 radical (unpaired) electrons. The van der Waals surface area contributed by atoms with Crippen molar-refractivity contribution in [2.75, 3.05) is 24.3 Å². The number of nitrogens with one attached hydrogen (secondary N) is 1. The molecule has 1 rings (SSSR count). The molecule has 0 aliphatic carbocycles. The summed E-state index contributed by atoms with van der Waals surface area (Å²) >= 11 is 0. The molecule has 0 bridgehead atoms. The number of quaternary nitrogens is 1. The van der Waals surface area contributed by atoms with Crippen LogP contribution in [0.5, 0.6) is 0 Å². The first-order chi connectivity index (χ1) is 7.05. The Hall–Kier alpha value is -1.51. The van der Waals surface area contributed by atoms with Crippen LogP contribution in [0.25, 0.3) is 0 Å². The maximum absolute atomic E-state index is 10.1. The van der Waals surface area contributed by atoms with Gasteiger partial charge < -0.3 is 5.73 Å². The molecule has 0 aromatic carbocycles. The van der Waals surface area contributed by atoms with Crippen LogP contribution in [0.3, 0.4) is 0 Å². The van der Waals surface area contributed by atoms with Gasteiger partial charge in [0.2, 0.25) is 5.95 Å². The SMILES string of the molecule is CC[N+](O)(CC)c1nc(N)nc(NO)n1. The second-order valence-corrected chi connectivity index (χ2v) is 2.98. The summed E-state index contributed by atoms with van der Waals surface area (Å²) in [6.45, 7) is 4.36. The van der Waals surface area contributed by atoms with E-state index in [2.05, 4.69) is 15.0 Å². The first kappa shape index (κ1) is 11.6. The second-order valence-electron chi connectivity index (χ2n) is 2.98. The van der Waals surface area contributed by atoms with Gasteiger partial charge in [-0.2, -0.15) is 4.98 Å². The third kappa shape index (κ3) is 2.29. The standard InChI is InChI=1S/C7H15N6O2/c1-3-13(15,4-2)7-10-5(8)9-6(11-7)12-14/h14-15H,3-4H2,1-2H3,(H3,8,9,10,11,12)/q+1. The van der Waals surface area contributed by atoms with E-state index in [0.29, 0.717) is 13.1 Å². The van der Waals surface area contributed by atoms with Crippen LogP contribution >= 0.6 is 0 Å². The van der Waals surface area contributed by atoms with Crippen molar-refractivity contribution in [3.05, 3.63) is 0 Å². The fourth-order valence-corrected chi connectivity index (χ4v) is 1.12. The molecule has 1 aromatic heterocycles. The van der Waals surface area contributed by atoms with Crippen molar-refractivity contribution in [3.8, 4) is 0 Å². The highest BCUT2D eigenvalue weighted by Gasteiger charge is 2.29. The highest BCUT2D eigenvalue weighted by Crippen LogP contribution is 2.16. The van der Waals surface area contributed by atoms with Crippen LogP contribution in [-0.4, -0.2) is 38.5 Å². The van der Waals surface area contributed by atoms with Crippen LogP contribution in [0, 0.1) is 0 Å². The average molecular weight is 215 g/mol. The lowest BCUT2D eigenvalue weighted by Crippen LogP contribution is -2.47. The Kier molecular flexibility index (Phi) is 3.35. The summed E-state index contributed by atoms with van der Waals surface area (Å²) in [5, 5.41) is 18.7. The van der Waals surface area contributed by atoms with Crippen LogP contribution in [0.4, 0.5) is 17.8 Å². The first-order valence-corrected chi connectivity index (χ1v) is 4.57. The normalized spacial score (nSPS) is 11.5. The average Bonchev–Trinajstić information content (AvgIpc) is 2.27. The summed E-state index contributed by atoms with van der Waals surface area (Å²) < 4.78 is -0.457. The molecule has 0 unspecified atom stereocenters. The molecule has 0 fully saturated rings. The van der Waals surface area contributed by atoms with Gasteiger partial charge in [0.1, 0.15) is 13.1 Å². The van der Waals surface area contributed by atoms with Gasteiger partial charge in [-0.05, 0) is 13.8 Å². The molecule has 0 saturated heterocycles. The van der Waals surface area contributed by atoms with Crippen molar-refractivity contribution in [2.45, 2.75) is 13.8 Å². The third-order valence-electron chi connectivity index (χ3n) is 2.16. The zero-order chi connectivity index (χ0) is 11.5. The van der Waals surface area contributed by atoms with Crippen molar-refractivity contribution in [1.82, 2.24) is 19.6 Å². The number of nitrogens with two attached hydrogens (primary N) is 1. The van der Waals surface area contributed by atoms with Gasteiger partial charge in [0.25, 0.3) is 5.95 Å². The zero-order valence-electron chi connectivity index (χ0n) is 8.67. The summed E-state index contributed by atoms with van der Waals surface area (Å²) in [5.74, 6) is -0.0463. The quantitative estimate of drug-likeness (QED) is 0.412. The molecule has 8 nitrogen and oxygen atoms in total. The number of rotatable bonds is 4. The van der Waals surface area contributed by atoms with Crippen molar-refractivity contribution in [2.24, 2.45) is 0 Å². The summed E-state index contributed by atoms with van der Waals surface area (Å²) in [5.41, 5.74) is 7.17. The van der Waals surface area contributed by atoms with E-state index >= 15 is 0 Å². The monoisotopic (exact) mass is 215 g/mol. The molecular formula is C7H15N6O2+. The van der Waals surface area contributed by atoms with E-state index in [0.717, 1.165) is 0 Å². The minimum atomic E-state index is -0.457. The van der Waals surface area contributed by atoms with E-state index in [1.165, 1.54) is 0 Å². The highest BCUT2D eigenvalue weighted by molar-refractivity contribution is 5.37. The maximum Gasteiger partial charge on any atom is 0.368 e. The van der Waals surface area contributed by atoms with E-state index in [1.54, 1.807) is 19.3 Å². The lowest BCUT2D eigenvalue weighted by Gasteiger charge is -2.23. The van der Waals surface area contributed by atoms with Crippen molar-refractivity contribution < 1.29 is 10.4 Å². The number of aromatic nitrogens is 3. The topological polar surface area (TPSA) is 117 Å². The Morgan fingerprint density at radius 3 is 2.33 bits per heavy atom. The Balaban J connectivity index is 3.18. The number of nitrogens with zero attached hydrogens (tertiary/aromatic N) is 4. The molecule has 84 valence electrons. The molecule has 0 aliphatic rings. The molecule has 5 N–H and O–H groups in total. The number of hydrogen-bond acceptors (Lipinski definition) is 7. The number of hydroxylamine groups is 2. The van der Waals surface area contributed by atoms with Gasteiger partial charge in [-0.15, -0.1) is 14.6 Å². The van der Waals surface area contributed by atoms with E-state index in [4.69, 9.17) is 10.9 Å². The highest BCUT2D eigenvalue weighted by atomic mass is 16.5. The predicted octanol–water partition coefficient (Wildman–Crippen LogP) is -0.00880. The molecule has 0 saturated carbocycles. The zero-order valence-corrected chi connectivity index (χ0v) is 8.67. The summed E-state index contributed by atoms with van der Waals surface area (Å²) in [6.07, 6.45) is 0. The van der Waals surface area contributed by atoms with Gasteiger partial charge in [-0.3, -0.25) is 5.21 Å². The van der Waals surface area contributed by atoms with Crippen molar-refractivity contribution in [3.63, 3.8) is 0 Å². The minimum Gasteiger partial charge on any atom is -0.367 e. The number of anilines is 2. The molecule has 0 atom stereocenters. The van der Waals surface area contributed by atoms with Crippen LogP contribution < -0.4 is 15.9 Å². The first-order valence-electron chi connectivity index (χ1n) is 4.57. The fourth-order valence-electron chi connectivity index (χ4n) is 1.12. The lowest BCUT2D eigenvalue weighted by atomic mass is 10.5. The Morgan fingerprint density at radius 2 is 1.87 bits per heavy atom. The van der Waals surface area contributed by atoms with E-state index in [1.807, 2.05) is 0 Å². The van der Waals surface area contributed by atoms with Gasteiger partial charge in [-0.1, -0.05) is 0 Å². The second kappa shape index (κ2) is 4.34. The summed E-state index contributed by atoms with van der Waals surface area (Å²) in [4.78, 5) is 11.3. The van der Waals surface area contributed by atoms with Gasteiger partial charge in [0.15, 0.2) is 0 Å². The minimum absolute atomic E-state index is 0.0602. The van der Waals surface area contributed by atoms with Gasteiger partial charge >= 0.3 is 5.95 Å². The summed E-state index contributed by atoms with van der Waals surface area (Å²) in [6, 6.07) is 0. The van der Waals surface area contributed by atoms with Crippen molar-refractivity contribution in [1.29, 1.82) is 0 Å². The molecule has 8 heteroatoms. The predicted molar refractivity (Wildman–Crippen MR) is 54.3 cm³/mol. The summed E-state index contributed by atoms with van der Waals surface area (Å²) in [7, 11) is 0. The molecular weight excluding hydrogens is 200 g/mol. The number of nitrogen functional groups attached to an aromatic ring is 1. The van der Waals surface area contributed by atoms with E-state index in [9.17, 15) is 5.21 Å². The van der Waals surface area contributed by atoms with E-state index < -0.39 is 4.65 Å². The van der Waals surface area contributed by atoms with Crippen molar-refractivity contribution >= 4 is 17.8 Å². The molecule has 0 spiro atoms. The molecule has 1 aromatic rings. The van der Waals surface area contributed by atoms with Crippen LogP contribution in [0.15, 0.2) is 0 Å². The lowest BCUT2D eigenvalue weighted by molar-refractivity contribution is -0.0774. The number of hydrogen-bond donors (Lipinski definition) is 4. The van der Waals surface area contributed by atoms with Crippen LogP contribution in [-0.2, 0) is 0 Å². The van der Waals surface area contributed by atoms with Gasteiger partial charge in [0.05, 0.1) is 0 Å². The Morgan fingerprint density at radius 1 is 1.27 bits per heavy atom. The largest absolute Gasteiger partial charge is 0.368 e. The van der Waals surface area contributed by atoms with Crippen LogP contribution in [0.1, 0.15) is 13.8 Å². The Labute approximate surface area is 86.9 Å². The molecule has 15 heavy (non-hydrogen) atoms. The Bertz CT molecular complexity index is 340. The van der Waals surface area contributed by atoms with Gasteiger partial charge in [0, 0.05) is 0 Å². The molecule has 0 aliphatic heterocycles. The smallest absolute Gasteiger partial charge is 0.367 e. The maximum atomic E-state index is 10.1. The van der Waals surface area contributed by atoms with Gasteiger partial charge in [-0.25, -0.2) is 10.7 Å². The fraction of sp³-hybridized carbons (Fsp3) is 0.571. The third-order valence-corrected chi connectivity index (χ3v) is 2.16. The van der Waals surface area contributed by atoms with Crippen LogP contribution in [0.2, 0.25) is 0 Å². The molecule has 0 amide bonds. The molecule has 1 heterocycles.